The molecule has 0 saturated heterocycles. The van der Waals surface area contributed by atoms with Gasteiger partial charge in [0.25, 0.3) is 0 Å². The van der Waals surface area contributed by atoms with Crippen molar-refractivity contribution in [3.8, 4) is 5.75 Å². The molecule has 0 aliphatic carbocycles. The molecule has 0 radical (unpaired) electrons. The molecule has 0 bridgehead atoms. The molecule has 0 amide bonds. The van der Waals surface area contributed by atoms with Crippen molar-refractivity contribution in [3.05, 3.63) is 29.8 Å². The van der Waals surface area contributed by atoms with Crippen molar-refractivity contribution in [3.63, 3.8) is 0 Å². The van der Waals surface area contributed by atoms with Gasteiger partial charge in [-0.1, -0.05) is 12.1 Å². The Labute approximate surface area is 91.3 Å². The molecule has 0 aliphatic heterocycles. The van der Waals surface area contributed by atoms with E-state index in [2.05, 4.69) is 0 Å². The van der Waals surface area contributed by atoms with Crippen molar-refractivity contribution in [2.24, 2.45) is 0 Å². The topological polar surface area (TPSA) is 26.3 Å². The molecule has 2 heteroatoms. The summed E-state index contributed by atoms with van der Waals surface area (Å²) in [6.45, 7) is 5.63. The largest absolute Gasteiger partial charge is 0.491 e. The maximum atomic E-state index is 10.8. The van der Waals surface area contributed by atoms with Crippen LogP contribution >= 0.6 is 0 Å². The van der Waals surface area contributed by atoms with Crippen molar-refractivity contribution in [2.45, 2.75) is 39.7 Å². The molecule has 1 aromatic rings. The lowest BCUT2D eigenvalue weighted by Gasteiger charge is -2.09. The number of Topliss-reactive ketones (excluding diaryl/α,β-unsaturated/α-hetero) is 1. The quantitative estimate of drug-likeness (QED) is 0.740. The molecule has 0 heterocycles. The Kier molecular flexibility index (Phi) is 4.35. The van der Waals surface area contributed by atoms with Crippen molar-refractivity contribution < 1.29 is 9.53 Å². The van der Waals surface area contributed by atoms with Crippen LogP contribution in [0.3, 0.4) is 0 Å². The first-order chi connectivity index (χ1) is 7.08. The van der Waals surface area contributed by atoms with E-state index in [0.717, 1.165) is 12.2 Å². The Bertz CT molecular complexity index is 312. The molecule has 15 heavy (non-hydrogen) atoms. The van der Waals surface area contributed by atoms with Gasteiger partial charge in [0.2, 0.25) is 0 Å². The van der Waals surface area contributed by atoms with E-state index in [0.29, 0.717) is 6.42 Å². The van der Waals surface area contributed by atoms with Crippen LogP contribution in [-0.2, 0) is 11.2 Å². The first-order valence-electron chi connectivity index (χ1n) is 5.33. The van der Waals surface area contributed by atoms with E-state index in [-0.39, 0.29) is 11.9 Å². The fraction of sp³-hybridized carbons (Fsp3) is 0.462. The molecule has 0 N–H and O–H groups in total. The van der Waals surface area contributed by atoms with Gasteiger partial charge in [0.1, 0.15) is 11.5 Å². The summed E-state index contributed by atoms with van der Waals surface area (Å²) in [6, 6.07) is 7.94. The van der Waals surface area contributed by atoms with Gasteiger partial charge in [-0.3, -0.25) is 0 Å². The van der Waals surface area contributed by atoms with Crippen LogP contribution < -0.4 is 4.74 Å². The lowest BCUT2D eigenvalue weighted by molar-refractivity contribution is -0.116. The third kappa shape index (κ3) is 4.63. The van der Waals surface area contributed by atoms with Gasteiger partial charge in [-0.25, -0.2) is 0 Å². The molecule has 0 atom stereocenters. The van der Waals surface area contributed by atoms with E-state index in [4.69, 9.17) is 4.74 Å². The van der Waals surface area contributed by atoms with Crippen molar-refractivity contribution >= 4 is 5.78 Å². The Morgan fingerprint density at radius 3 is 2.33 bits per heavy atom. The van der Waals surface area contributed by atoms with E-state index in [1.165, 1.54) is 5.56 Å². The monoisotopic (exact) mass is 206 g/mol. The number of hydrogen-bond acceptors (Lipinski definition) is 2. The summed E-state index contributed by atoms with van der Waals surface area (Å²) >= 11 is 0. The average molecular weight is 206 g/mol. The predicted molar refractivity (Wildman–Crippen MR) is 61.2 cm³/mol. The number of ketones is 1. The summed E-state index contributed by atoms with van der Waals surface area (Å²) in [7, 11) is 0. The van der Waals surface area contributed by atoms with Crippen LogP contribution in [0.15, 0.2) is 24.3 Å². The van der Waals surface area contributed by atoms with E-state index in [1.54, 1.807) is 6.92 Å². The average Bonchev–Trinajstić information content (AvgIpc) is 2.16. The van der Waals surface area contributed by atoms with Gasteiger partial charge in [-0.15, -0.1) is 0 Å². The van der Waals surface area contributed by atoms with Gasteiger partial charge in [0.15, 0.2) is 0 Å². The molecule has 82 valence electrons. The first-order valence-corrected chi connectivity index (χ1v) is 5.33. The second-order valence-corrected chi connectivity index (χ2v) is 4.01. The number of ether oxygens (including phenoxy) is 1. The summed E-state index contributed by atoms with van der Waals surface area (Å²) in [5.74, 6) is 1.12. The van der Waals surface area contributed by atoms with Gasteiger partial charge in [0.05, 0.1) is 6.10 Å². The molecule has 0 aliphatic rings. The van der Waals surface area contributed by atoms with Gasteiger partial charge >= 0.3 is 0 Å². The second-order valence-electron chi connectivity index (χ2n) is 4.01. The van der Waals surface area contributed by atoms with Crippen LogP contribution in [0.25, 0.3) is 0 Å². The number of carbonyl (C=O) groups excluding carboxylic acids is 1. The third-order valence-electron chi connectivity index (χ3n) is 2.06. The van der Waals surface area contributed by atoms with E-state index in [1.807, 2.05) is 38.1 Å². The Balaban J connectivity index is 2.52. The smallest absolute Gasteiger partial charge is 0.130 e. The van der Waals surface area contributed by atoms with Crippen molar-refractivity contribution in [1.82, 2.24) is 0 Å². The second kappa shape index (κ2) is 5.54. The molecule has 1 aromatic carbocycles. The maximum Gasteiger partial charge on any atom is 0.130 e. The fourth-order valence-corrected chi connectivity index (χ4v) is 1.33. The molecule has 0 fully saturated rings. The normalized spacial score (nSPS) is 10.4. The fourth-order valence-electron chi connectivity index (χ4n) is 1.33. The maximum absolute atomic E-state index is 10.8. The van der Waals surface area contributed by atoms with Gasteiger partial charge < -0.3 is 9.53 Å². The zero-order chi connectivity index (χ0) is 11.3. The summed E-state index contributed by atoms with van der Waals surface area (Å²) in [6.07, 6.45) is 1.63. The Morgan fingerprint density at radius 1 is 1.27 bits per heavy atom. The minimum absolute atomic E-state index is 0.202. The zero-order valence-electron chi connectivity index (χ0n) is 9.62. The molecule has 2 nitrogen and oxygen atoms in total. The number of carbonyl (C=O) groups is 1. The number of benzene rings is 1. The van der Waals surface area contributed by atoms with Crippen molar-refractivity contribution in [2.75, 3.05) is 0 Å². The molecule has 0 spiro atoms. The van der Waals surface area contributed by atoms with Crippen LogP contribution in [0.2, 0.25) is 0 Å². The first kappa shape index (κ1) is 11.8. The summed E-state index contributed by atoms with van der Waals surface area (Å²) in [4.78, 5) is 10.8. The van der Waals surface area contributed by atoms with Crippen LogP contribution in [0, 0.1) is 0 Å². The molecular formula is C13H18O2. The molecular weight excluding hydrogens is 188 g/mol. The third-order valence-corrected chi connectivity index (χ3v) is 2.06. The van der Waals surface area contributed by atoms with Gasteiger partial charge in [0, 0.05) is 6.42 Å². The number of hydrogen-bond donors (Lipinski definition) is 0. The lowest BCUT2D eigenvalue weighted by atomic mass is 10.1. The Morgan fingerprint density at radius 2 is 1.87 bits per heavy atom. The molecule has 0 aromatic heterocycles. The highest BCUT2D eigenvalue weighted by molar-refractivity contribution is 5.75. The van der Waals surface area contributed by atoms with Crippen molar-refractivity contribution in [1.29, 1.82) is 0 Å². The van der Waals surface area contributed by atoms with Crippen LogP contribution in [-0.4, -0.2) is 11.9 Å². The number of aryl methyl sites for hydroxylation is 1. The highest BCUT2D eigenvalue weighted by atomic mass is 16.5. The molecule has 0 saturated carbocycles. The zero-order valence-corrected chi connectivity index (χ0v) is 9.62. The van der Waals surface area contributed by atoms with Gasteiger partial charge in [-0.05, 0) is 44.9 Å². The Hall–Kier alpha value is -1.31. The highest BCUT2D eigenvalue weighted by Gasteiger charge is 1.99. The molecule has 1 rings (SSSR count). The minimum atomic E-state index is 0.202. The summed E-state index contributed by atoms with van der Waals surface area (Å²) in [5.41, 5.74) is 1.18. The van der Waals surface area contributed by atoms with Crippen LogP contribution in [0.1, 0.15) is 32.8 Å². The minimum Gasteiger partial charge on any atom is -0.491 e. The summed E-state index contributed by atoms with van der Waals surface area (Å²) in [5, 5.41) is 0. The number of rotatable bonds is 5. The SMILES string of the molecule is CC(=O)CCc1ccc(OC(C)C)cc1. The predicted octanol–water partition coefficient (Wildman–Crippen LogP) is 3.00. The lowest BCUT2D eigenvalue weighted by Crippen LogP contribution is -2.05. The van der Waals surface area contributed by atoms with Crippen LogP contribution in [0.4, 0.5) is 0 Å². The van der Waals surface area contributed by atoms with E-state index in [9.17, 15) is 4.79 Å². The summed E-state index contributed by atoms with van der Waals surface area (Å²) < 4.78 is 5.53. The van der Waals surface area contributed by atoms with E-state index >= 15 is 0 Å². The highest BCUT2D eigenvalue weighted by Crippen LogP contribution is 2.14. The molecule has 0 unspecified atom stereocenters. The van der Waals surface area contributed by atoms with Gasteiger partial charge in [-0.2, -0.15) is 0 Å². The standard InChI is InChI=1S/C13H18O2/c1-10(2)15-13-8-6-12(7-9-13)5-4-11(3)14/h6-10H,4-5H2,1-3H3. The van der Waals surface area contributed by atoms with E-state index < -0.39 is 0 Å². The van der Waals surface area contributed by atoms with Crippen LogP contribution in [0.5, 0.6) is 5.75 Å².